The molecule has 0 radical (unpaired) electrons. The second-order valence-corrected chi connectivity index (χ2v) is 9.52. The van der Waals surface area contributed by atoms with Crippen molar-refractivity contribution in [2.45, 2.75) is 33.2 Å². The zero-order valence-electron chi connectivity index (χ0n) is 22.1. The predicted molar refractivity (Wildman–Crippen MR) is 147 cm³/mol. The van der Waals surface area contributed by atoms with Gasteiger partial charge in [-0.2, -0.15) is 0 Å². The maximum absolute atomic E-state index is 13.5. The fourth-order valence-electron chi connectivity index (χ4n) is 4.30. The number of aliphatic hydroxyl groups is 1. The topological polar surface area (TPSA) is 85.3 Å². The van der Waals surface area contributed by atoms with Crippen molar-refractivity contribution in [3.05, 3.63) is 89.5 Å². The van der Waals surface area contributed by atoms with E-state index < -0.39 is 17.7 Å². The Labute approximate surface area is 223 Å². The minimum absolute atomic E-state index is 0.000492. The van der Waals surface area contributed by atoms with Crippen LogP contribution in [0.15, 0.2) is 78.4 Å². The van der Waals surface area contributed by atoms with E-state index in [1.807, 2.05) is 39.0 Å². The molecule has 38 heavy (non-hydrogen) atoms. The lowest BCUT2D eigenvalue weighted by Crippen LogP contribution is -2.29. The Hall–Kier alpha value is -4.26. The van der Waals surface area contributed by atoms with Crippen LogP contribution in [0.25, 0.3) is 5.76 Å². The molecule has 1 fully saturated rings. The number of rotatable bonds is 10. The number of methoxy groups -OCH3 is 1. The summed E-state index contributed by atoms with van der Waals surface area (Å²) in [5.74, 6) is 0.372. The highest BCUT2D eigenvalue weighted by atomic mass is 16.5. The zero-order valence-corrected chi connectivity index (χ0v) is 22.1. The fraction of sp³-hybridized carbons (Fsp3) is 0.290. The van der Waals surface area contributed by atoms with E-state index in [2.05, 4.69) is 0 Å². The number of nitrogens with zero attached hydrogens (tertiary/aromatic N) is 1. The lowest BCUT2D eigenvalue weighted by atomic mass is 9.95. The summed E-state index contributed by atoms with van der Waals surface area (Å²) in [6.45, 7) is 7.15. The SMILES string of the molecule is CCCOc1cccc(C2/C(=C(/O)c3cccc(OCC(C)C)c3)C(=O)C(=O)N2c2ccc(OC)cc2)c1. The number of ether oxygens (including phenoxy) is 3. The van der Waals surface area contributed by atoms with Crippen molar-refractivity contribution in [1.82, 2.24) is 0 Å². The van der Waals surface area contributed by atoms with E-state index in [1.165, 1.54) is 4.90 Å². The number of hydrogen-bond donors (Lipinski definition) is 1. The quantitative estimate of drug-likeness (QED) is 0.198. The van der Waals surface area contributed by atoms with Gasteiger partial charge in [0, 0.05) is 11.3 Å². The fourth-order valence-corrected chi connectivity index (χ4v) is 4.30. The van der Waals surface area contributed by atoms with E-state index in [1.54, 1.807) is 61.7 Å². The lowest BCUT2D eigenvalue weighted by Gasteiger charge is -2.26. The molecule has 7 heteroatoms. The molecular formula is C31H33NO6. The summed E-state index contributed by atoms with van der Waals surface area (Å²) in [7, 11) is 1.56. The highest BCUT2D eigenvalue weighted by molar-refractivity contribution is 6.51. The van der Waals surface area contributed by atoms with Gasteiger partial charge in [-0.05, 0) is 66.4 Å². The normalized spacial score (nSPS) is 16.7. The van der Waals surface area contributed by atoms with Gasteiger partial charge in [0.05, 0.1) is 31.9 Å². The second kappa shape index (κ2) is 11.9. The van der Waals surface area contributed by atoms with Crippen LogP contribution in [0.4, 0.5) is 5.69 Å². The number of hydrogen-bond acceptors (Lipinski definition) is 6. The van der Waals surface area contributed by atoms with Crippen molar-refractivity contribution in [2.24, 2.45) is 5.92 Å². The minimum atomic E-state index is -0.867. The van der Waals surface area contributed by atoms with E-state index in [0.29, 0.717) is 53.2 Å². The number of aliphatic hydroxyl groups excluding tert-OH is 1. The average molecular weight is 516 g/mol. The lowest BCUT2D eigenvalue weighted by molar-refractivity contribution is -0.132. The standard InChI is InChI=1S/C31H33NO6/c1-5-16-37-25-10-6-8-21(17-25)28-27(29(33)22-9-7-11-26(18-22)38-19-20(2)3)30(34)31(35)32(28)23-12-14-24(36-4)15-13-23/h6-15,17-18,20,28,33H,5,16,19H2,1-4H3/b29-27-. The molecule has 3 aromatic carbocycles. The third-order valence-corrected chi connectivity index (χ3v) is 6.13. The Morgan fingerprint density at radius 1 is 0.921 bits per heavy atom. The Bertz CT molecular complexity index is 1330. The largest absolute Gasteiger partial charge is 0.507 e. The van der Waals surface area contributed by atoms with Crippen LogP contribution in [0.3, 0.4) is 0 Å². The molecule has 3 aromatic rings. The molecule has 1 N–H and O–H groups in total. The van der Waals surface area contributed by atoms with E-state index in [-0.39, 0.29) is 11.3 Å². The molecule has 0 saturated carbocycles. The molecule has 1 unspecified atom stereocenters. The predicted octanol–water partition coefficient (Wildman–Crippen LogP) is 6.15. The molecular weight excluding hydrogens is 482 g/mol. The molecule has 1 atom stereocenters. The van der Waals surface area contributed by atoms with Crippen LogP contribution in [0.2, 0.25) is 0 Å². The summed E-state index contributed by atoms with van der Waals surface area (Å²) in [5.41, 5.74) is 1.54. The van der Waals surface area contributed by atoms with Crippen molar-refractivity contribution < 1.29 is 28.9 Å². The molecule has 0 spiro atoms. The molecule has 1 amide bonds. The van der Waals surface area contributed by atoms with E-state index >= 15 is 0 Å². The summed E-state index contributed by atoms with van der Waals surface area (Å²) in [6.07, 6.45) is 0.837. The van der Waals surface area contributed by atoms with Crippen LogP contribution < -0.4 is 19.1 Å². The van der Waals surface area contributed by atoms with Gasteiger partial charge in [-0.15, -0.1) is 0 Å². The molecule has 4 rings (SSSR count). The van der Waals surface area contributed by atoms with Gasteiger partial charge in [-0.3, -0.25) is 14.5 Å². The van der Waals surface area contributed by atoms with Crippen molar-refractivity contribution in [3.63, 3.8) is 0 Å². The van der Waals surface area contributed by atoms with Crippen LogP contribution in [0.1, 0.15) is 44.4 Å². The van der Waals surface area contributed by atoms with E-state index in [9.17, 15) is 14.7 Å². The van der Waals surface area contributed by atoms with Gasteiger partial charge < -0.3 is 19.3 Å². The molecule has 0 bridgehead atoms. The number of benzene rings is 3. The first-order chi connectivity index (χ1) is 18.3. The van der Waals surface area contributed by atoms with Crippen LogP contribution in [-0.4, -0.2) is 37.1 Å². The smallest absolute Gasteiger partial charge is 0.300 e. The molecule has 7 nitrogen and oxygen atoms in total. The first kappa shape index (κ1) is 26.8. The van der Waals surface area contributed by atoms with Gasteiger partial charge in [0.1, 0.15) is 23.0 Å². The molecule has 1 aliphatic heterocycles. The van der Waals surface area contributed by atoms with Crippen LogP contribution in [0, 0.1) is 5.92 Å². The molecule has 1 aliphatic rings. The summed E-state index contributed by atoms with van der Waals surface area (Å²) in [5, 5.41) is 11.5. The molecule has 198 valence electrons. The monoisotopic (exact) mass is 515 g/mol. The highest BCUT2D eigenvalue weighted by Gasteiger charge is 2.47. The van der Waals surface area contributed by atoms with Crippen LogP contribution in [0.5, 0.6) is 17.2 Å². The van der Waals surface area contributed by atoms with Crippen molar-refractivity contribution >= 4 is 23.1 Å². The van der Waals surface area contributed by atoms with Gasteiger partial charge in [0.25, 0.3) is 11.7 Å². The number of carbonyl (C=O) groups is 2. The van der Waals surface area contributed by atoms with Gasteiger partial charge >= 0.3 is 0 Å². The third-order valence-electron chi connectivity index (χ3n) is 6.13. The maximum Gasteiger partial charge on any atom is 0.300 e. The van der Waals surface area contributed by atoms with Gasteiger partial charge in [0.2, 0.25) is 0 Å². The van der Waals surface area contributed by atoms with Gasteiger partial charge in [-0.25, -0.2) is 0 Å². The maximum atomic E-state index is 13.5. The minimum Gasteiger partial charge on any atom is -0.507 e. The molecule has 0 aliphatic carbocycles. The first-order valence-electron chi connectivity index (χ1n) is 12.7. The van der Waals surface area contributed by atoms with Gasteiger partial charge in [0.15, 0.2) is 0 Å². The van der Waals surface area contributed by atoms with Crippen molar-refractivity contribution in [2.75, 3.05) is 25.2 Å². The number of anilines is 1. The summed E-state index contributed by atoms with van der Waals surface area (Å²) in [4.78, 5) is 28.3. The summed E-state index contributed by atoms with van der Waals surface area (Å²) < 4.78 is 16.9. The van der Waals surface area contributed by atoms with Crippen molar-refractivity contribution in [3.8, 4) is 17.2 Å². The Kier molecular flexibility index (Phi) is 8.36. The average Bonchev–Trinajstić information content (AvgIpc) is 3.20. The third kappa shape index (κ3) is 5.67. The van der Waals surface area contributed by atoms with Crippen LogP contribution in [-0.2, 0) is 9.59 Å². The number of carbonyl (C=O) groups excluding carboxylic acids is 2. The molecule has 1 heterocycles. The van der Waals surface area contributed by atoms with E-state index in [0.717, 1.165) is 6.42 Å². The van der Waals surface area contributed by atoms with Crippen molar-refractivity contribution in [1.29, 1.82) is 0 Å². The van der Waals surface area contributed by atoms with Crippen LogP contribution >= 0.6 is 0 Å². The summed E-state index contributed by atoms with van der Waals surface area (Å²) >= 11 is 0. The molecule has 1 saturated heterocycles. The zero-order chi connectivity index (χ0) is 27.2. The summed E-state index contributed by atoms with van der Waals surface area (Å²) in [6, 6.07) is 20.2. The van der Waals surface area contributed by atoms with E-state index in [4.69, 9.17) is 14.2 Å². The Balaban J connectivity index is 1.85. The number of amides is 1. The second-order valence-electron chi connectivity index (χ2n) is 9.52. The number of Topliss-reactive ketones (excluding diaryl/α,β-unsaturated/α-hetero) is 1. The Morgan fingerprint density at radius 3 is 2.26 bits per heavy atom. The van der Waals surface area contributed by atoms with Gasteiger partial charge in [-0.1, -0.05) is 45.0 Å². The number of ketones is 1. The highest BCUT2D eigenvalue weighted by Crippen LogP contribution is 2.43. The Morgan fingerprint density at radius 2 is 1.61 bits per heavy atom. The molecule has 0 aromatic heterocycles. The first-order valence-corrected chi connectivity index (χ1v) is 12.7.